The lowest BCUT2D eigenvalue weighted by molar-refractivity contribution is -0.140. The van der Waals surface area contributed by atoms with Crippen molar-refractivity contribution in [1.82, 2.24) is 0 Å². The molecule has 1 fully saturated rings. The lowest BCUT2D eigenvalue weighted by atomic mass is 9.89. The van der Waals surface area contributed by atoms with Gasteiger partial charge in [-0.3, -0.25) is 4.79 Å². The maximum absolute atomic E-state index is 13.3. The highest BCUT2D eigenvalue weighted by atomic mass is 19.1. The smallest absolute Gasteiger partial charge is 0.343 e. The molecule has 0 aromatic heterocycles. The number of hydrogen-bond acceptors (Lipinski definition) is 6. The molecule has 5 aromatic carbocycles. The Morgan fingerprint density at radius 3 is 1.51 bits per heavy atom. The Labute approximate surface area is 295 Å². The molecule has 0 heterocycles. The third kappa shape index (κ3) is 12.0. The van der Waals surface area contributed by atoms with Crippen LogP contribution in [0.25, 0.3) is 0 Å². The van der Waals surface area contributed by atoms with Gasteiger partial charge in [-0.15, -0.1) is 0 Å². The number of ether oxygens (including phenoxy) is 3. The lowest BCUT2D eigenvalue weighted by Crippen LogP contribution is -2.22. The van der Waals surface area contributed by atoms with Gasteiger partial charge in [-0.1, -0.05) is 79.4 Å². The number of aryl methyl sites for hydroxylation is 2. The van der Waals surface area contributed by atoms with E-state index in [4.69, 9.17) is 14.2 Å². The summed E-state index contributed by atoms with van der Waals surface area (Å²) < 4.78 is 55.2. The average Bonchev–Trinajstić information content (AvgIpc) is 3.14. The Balaban J connectivity index is 0.000000172. The third-order valence-corrected chi connectivity index (χ3v) is 8.02. The van der Waals surface area contributed by atoms with Gasteiger partial charge < -0.3 is 14.2 Å². The minimum Gasteiger partial charge on any atom is -0.426 e. The summed E-state index contributed by atoms with van der Waals surface area (Å²) in [6.07, 6.45) is 4.76. The predicted molar refractivity (Wildman–Crippen MR) is 188 cm³/mol. The fourth-order valence-electron chi connectivity index (χ4n) is 4.94. The number of carbonyl (C=O) groups is 3. The van der Waals surface area contributed by atoms with Crippen molar-refractivity contribution in [2.45, 2.75) is 52.9 Å². The van der Waals surface area contributed by atoms with Crippen LogP contribution in [-0.4, -0.2) is 17.9 Å². The van der Waals surface area contributed by atoms with Crippen molar-refractivity contribution in [2.24, 2.45) is 5.92 Å². The third-order valence-electron chi connectivity index (χ3n) is 8.02. The maximum atomic E-state index is 13.3. The van der Waals surface area contributed by atoms with Gasteiger partial charge in [-0.2, -0.15) is 0 Å². The van der Waals surface area contributed by atoms with E-state index in [-0.39, 0.29) is 40.7 Å². The Morgan fingerprint density at radius 1 is 0.529 bits per heavy atom. The van der Waals surface area contributed by atoms with Crippen molar-refractivity contribution in [2.75, 3.05) is 0 Å². The molecule has 51 heavy (non-hydrogen) atoms. The van der Waals surface area contributed by atoms with Crippen LogP contribution >= 0.6 is 0 Å². The molecule has 5 aromatic rings. The standard InChI is InChI=1S/C14H16F2O2.C14H11FO2.C14H12O2/c1-9-12(15)7-11(8-13(9)16)18-14(17)10-5-3-2-4-6-10;1-10-7-8-12(9-13(10)15)17-14(16)11-5-3-2-4-6-11;1-11-7-9-13(10-8-11)16-14(15)12-5-3-2-4-6-12/h7-8,10H,2-6H2,1H3;2-9H,1H3;2-10H,1H3. The number of carbonyl (C=O) groups excluding carboxylic acids is 3. The van der Waals surface area contributed by atoms with Gasteiger partial charge in [0.2, 0.25) is 0 Å². The van der Waals surface area contributed by atoms with E-state index in [0.29, 0.717) is 22.4 Å². The lowest BCUT2D eigenvalue weighted by Gasteiger charge is -2.19. The molecule has 6 nitrogen and oxygen atoms in total. The van der Waals surface area contributed by atoms with Gasteiger partial charge in [-0.25, -0.2) is 22.8 Å². The minimum atomic E-state index is -0.693. The molecule has 1 saturated carbocycles. The number of esters is 3. The number of halogens is 3. The summed E-state index contributed by atoms with van der Waals surface area (Å²) in [6.45, 7) is 4.98. The Morgan fingerprint density at radius 2 is 1.00 bits per heavy atom. The van der Waals surface area contributed by atoms with E-state index in [0.717, 1.165) is 49.8 Å². The largest absolute Gasteiger partial charge is 0.426 e. The zero-order chi connectivity index (χ0) is 36.8. The summed E-state index contributed by atoms with van der Waals surface area (Å²) in [5.41, 5.74) is 2.59. The summed E-state index contributed by atoms with van der Waals surface area (Å²) in [7, 11) is 0. The normalized spacial score (nSPS) is 12.3. The van der Waals surface area contributed by atoms with Gasteiger partial charge in [-0.05, 0) is 81.6 Å². The van der Waals surface area contributed by atoms with Crippen LogP contribution in [0.15, 0.2) is 115 Å². The van der Waals surface area contributed by atoms with E-state index >= 15 is 0 Å². The molecule has 0 amide bonds. The van der Waals surface area contributed by atoms with Gasteiger partial charge in [0.1, 0.15) is 34.7 Å². The zero-order valence-corrected chi connectivity index (χ0v) is 28.7. The quantitative estimate of drug-likeness (QED) is 0.130. The van der Waals surface area contributed by atoms with Crippen molar-refractivity contribution >= 4 is 17.9 Å². The molecule has 0 N–H and O–H groups in total. The van der Waals surface area contributed by atoms with Crippen molar-refractivity contribution in [3.63, 3.8) is 0 Å². The summed E-state index contributed by atoms with van der Waals surface area (Å²) >= 11 is 0. The molecular weight excluding hydrogens is 657 g/mol. The van der Waals surface area contributed by atoms with E-state index in [9.17, 15) is 27.6 Å². The second kappa shape index (κ2) is 18.9. The molecule has 0 radical (unpaired) electrons. The van der Waals surface area contributed by atoms with Crippen LogP contribution in [-0.2, 0) is 4.79 Å². The van der Waals surface area contributed by atoms with E-state index in [2.05, 4.69) is 0 Å². The summed E-state index contributed by atoms with van der Waals surface area (Å²) in [6, 6.07) is 31.4. The SMILES string of the molecule is Cc1c(F)cc(OC(=O)C2CCCCC2)cc1F.Cc1ccc(OC(=O)c2ccccc2)cc1.Cc1ccc(OC(=O)c2ccccc2)cc1F. The summed E-state index contributed by atoms with van der Waals surface area (Å²) in [4.78, 5) is 35.2. The molecule has 0 atom stereocenters. The van der Waals surface area contributed by atoms with E-state index in [1.54, 1.807) is 67.6 Å². The van der Waals surface area contributed by atoms with E-state index < -0.39 is 17.6 Å². The fraction of sp³-hybridized carbons (Fsp3) is 0.214. The molecule has 0 spiro atoms. The van der Waals surface area contributed by atoms with Gasteiger partial charge in [0.25, 0.3) is 0 Å². The van der Waals surface area contributed by atoms with Crippen molar-refractivity contribution < 1.29 is 41.8 Å². The topological polar surface area (TPSA) is 78.9 Å². The van der Waals surface area contributed by atoms with Crippen molar-refractivity contribution in [1.29, 1.82) is 0 Å². The van der Waals surface area contributed by atoms with Crippen LogP contribution in [0.5, 0.6) is 17.2 Å². The van der Waals surface area contributed by atoms with E-state index in [1.165, 1.54) is 13.0 Å². The monoisotopic (exact) mass is 696 g/mol. The number of rotatable bonds is 6. The highest BCUT2D eigenvalue weighted by Crippen LogP contribution is 2.27. The Kier molecular flexibility index (Phi) is 14.1. The highest BCUT2D eigenvalue weighted by Gasteiger charge is 2.23. The van der Waals surface area contributed by atoms with Gasteiger partial charge in [0.05, 0.1) is 17.0 Å². The second-order valence-corrected chi connectivity index (χ2v) is 12.0. The molecule has 0 unspecified atom stereocenters. The Hall–Kier alpha value is -5.70. The zero-order valence-electron chi connectivity index (χ0n) is 28.7. The minimum absolute atomic E-state index is 0.0498. The molecule has 0 saturated heterocycles. The highest BCUT2D eigenvalue weighted by molar-refractivity contribution is 5.91. The van der Waals surface area contributed by atoms with Crippen LogP contribution in [0, 0.1) is 44.1 Å². The van der Waals surface area contributed by atoms with Gasteiger partial charge in [0.15, 0.2) is 0 Å². The first-order valence-electron chi connectivity index (χ1n) is 16.5. The van der Waals surface area contributed by atoms with Crippen LogP contribution in [0.3, 0.4) is 0 Å². The summed E-state index contributed by atoms with van der Waals surface area (Å²) in [5, 5.41) is 0. The van der Waals surface area contributed by atoms with Gasteiger partial charge >= 0.3 is 17.9 Å². The summed E-state index contributed by atoms with van der Waals surface area (Å²) in [5.74, 6) is -2.37. The van der Waals surface area contributed by atoms with Gasteiger partial charge in [0, 0.05) is 23.8 Å². The molecule has 1 aliphatic rings. The maximum Gasteiger partial charge on any atom is 0.343 e. The fourth-order valence-corrected chi connectivity index (χ4v) is 4.94. The van der Waals surface area contributed by atoms with Crippen LogP contribution in [0.4, 0.5) is 13.2 Å². The first-order chi connectivity index (χ1) is 24.5. The Bertz CT molecular complexity index is 1880. The van der Waals surface area contributed by atoms with Crippen molar-refractivity contribution in [3.05, 3.63) is 161 Å². The molecular formula is C42H39F3O6. The van der Waals surface area contributed by atoms with Crippen LogP contribution in [0.2, 0.25) is 0 Å². The van der Waals surface area contributed by atoms with E-state index in [1.807, 2.05) is 43.3 Å². The predicted octanol–water partition coefficient (Wildman–Crippen LogP) is 10.3. The molecule has 264 valence electrons. The van der Waals surface area contributed by atoms with Crippen LogP contribution in [0.1, 0.15) is 69.5 Å². The molecule has 1 aliphatic carbocycles. The number of benzene rings is 5. The van der Waals surface area contributed by atoms with Crippen LogP contribution < -0.4 is 14.2 Å². The first kappa shape index (κ1) is 38.1. The molecule has 9 heteroatoms. The number of hydrogen-bond donors (Lipinski definition) is 0. The molecule has 0 bridgehead atoms. The molecule has 6 rings (SSSR count). The average molecular weight is 697 g/mol. The second-order valence-electron chi connectivity index (χ2n) is 12.0. The van der Waals surface area contributed by atoms with Crippen molar-refractivity contribution in [3.8, 4) is 17.2 Å². The first-order valence-corrected chi connectivity index (χ1v) is 16.5. The molecule has 0 aliphatic heterocycles.